The number of hydrogen-bond donors (Lipinski definition) is 2. The summed E-state index contributed by atoms with van der Waals surface area (Å²) >= 11 is 6.06. The molecule has 0 aliphatic heterocycles. The lowest BCUT2D eigenvalue weighted by atomic mass is 10.0. The highest BCUT2D eigenvalue weighted by Gasteiger charge is 2.26. The number of aromatic nitrogens is 1. The van der Waals surface area contributed by atoms with E-state index in [4.69, 9.17) is 11.6 Å². The molecule has 0 aliphatic carbocycles. The molecule has 2 atom stereocenters. The van der Waals surface area contributed by atoms with Crippen molar-refractivity contribution in [3.8, 4) is 0 Å². The molecule has 5 nitrogen and oxygen atoms in total. The second-order valence-electron chi connectivity index (χ2n) is 6.19. The van der Waals surface area contributed by atoms with Gasteiger partial charge in [-0.25, -0.2) is 0 Å². The molecule has 1 heterocycles. The molecule has 1 aromatic carbocycles. The topological polar surface area (TPSA) is 71.1 Å². The van der Waals surface area contributed by atoms with Gasteiger partial charge >= 0.3 is 0 Å². The second-order valence-corrected chi connectivity index (χ2v) is 6.60. The summed E-state index contributed by atoms with van der Waals surface area (Å²) in [5.41, 5.74) is 1.25. The number of nitrogens with zero attached hydrogens (tertiary/aromatic N) is 1. The molecule has 2 N–H and O–H groups in total. The molecule has 2 amide bonds. The largest absolute Gasteiger partial charge is 0.348 e. The third kappa shape index (κ3) is 5.03. The first kappa shape index (κ1) is 18.9. The van der Waals surface area contributed by atoms with Crippen LogP contribution in [-0.4, -0.2) is 22.8 Å². The molecule has 0 fully saturated rings. The van der Waals surface area contributed by atoms with Gasteiger partial charge in [0.2, 0.25) is 5.91 Å². The van der Waals surface area contributed by atoms with Crippen LogP contribution in [0, 0.1) is 5.92 Å². The lowest BCUT2D eigenvalue weighted by Gasteiger charge is -2.24. The van der Waals surface area contributed by atoms with Gasteiger partial charge in [-0.3, -0.25) is 14.6 Å². The molecule has 0 spiro atoms. The summed E-state index contributed by atoms with van der Waals surface area (Å²) in [6.07, 6.45) is 3.39. The number of nitrogens with one attached hydrogen (secondary N) is 2. The fraction of sp³-hybridized carbons (Fsp3) is 0.316. The Kier molecular flexibility index (Phi) is 6.53. The molecule has 2 unspecified atom stereocenters. The lowest BCUT2D eigenvalue weighted by molar-refractivity contribution is -0.124. The highest BCUT2D eigenvalue weighted by Crippen LogP contribution is 2.16. The molecular weight excluding hydrogens is 338 g/mol. The molecule has 6 heteroatoms. The van der Waals surface area contributed by atoms with E-state index in [1.807, 2.05) is 32.9 Å². The van der Waals surface area contributed by atoms with Crippen molar-refractivity contribution in [2.45, 2.75) is 32.9 Å². The zero-order valence-corrected chi connectivity index (χ0v) is 15.2. The molecule has 1 aromatic heterocycles. The Bertz CT molecular complexity index is 734. The van der Waals surface area contributed by atoms with Crippen LogP contribution in [0.25, 0.3) is 0 Å². The van der Waals surface area contributed by atoms with Crippen LogP contribution in [0.1, 0.15) is 42.7 Å². The lowest BCUT2D eigenvalue weighted by Crippen LogP contribution is -2.50. The van der Waals surface area contributed by atoms with Crippen LogP contribution in [0.2, 0.25) is 5.02 Å². The number of benzene rings is 1. The first-order valence-electron chi connectivity index (χ1n) is 8.16. The molecule has 2 aromatic rings. The number of hydrogen-bond acceptors (Lipinski definition) is 3. The van der Waals surface area contributed by atoms with E-state index < -0.39 is 6.04 Å². The number of carbonyl (C=O) groups is 2. The van der Waals surface area contributed by atoms with Crippen molar-refractivity contribution in [1.29, 1.82) is 0 Å². The van der Waals surface area contributed by atoms with Gasteiger partial charge in [0, 0.05) is 12.4 Å². The van der Waals surface area contributed by atoms with Crippen LogP contribution in [0.5, 0.6) is 0 Å². The summed E-state index contributed by atoms with van der Waals surface area (Å²) < 4.78 is 0. The fourth-order valence-electron chi connectivity index (χ4n) is 2.42. The van der Waals surface area contributed by atoms with Crippen molar-refractivity contribution < 1.29 is 9.59 Å². The predicted molar refractivity (Wildman–Crippen MR) is 98.3 cm³/mol. The molecule has 0 saturated carbocycles. The van der Waals surface area contributed by atoms with Gasteiger partial charge in [0.25, 0.3) is 5.91 Å². The number of pyridine rings is 1. The monoisotopic (exact) mass is 359 g/mol. The Labute approximate surface area is 152 Å². The average Bonchev–Trinajstić information content (AvgIpc) is 2.60. The summed E-state index contributed by atoms with van der Waals surface area (Å²) in [6.45, 7) is 5.64. The first-order valence-corrected chi connectivity index (χ1v) is 8.53. The minimum atomic E-state index is -0.664. The van der Waals surface area contributed by atoms with Crippen LogP contribution in [-0.2, 0) is 4.79 Å². The molecule has 0 saturated heterocycles. The maximum Gasteiger partial charge on any atom is 0.253 e. The van der Waals surface area contributed by atoms with E-state index in [9.17, 15) is 9.59 Å². The Morgan fingerprint density at radius 3 is 2.36 bits per heavy atom. The Balaban J connectivity index is 2.08. The van der Waals surface area contributed by atoms with Gasteiger partial charge in [0.1, 0.15) is 6.04 Å². The van der Waals surface area contributed by atoms with Crippen LogP contribution >= 0.6 is 11.6 Å². The number of rotatable bonds is 6. The predicted octanol–water partition coefficient (Wildman–Crippen LogP) is 3.37. The van der Waals surface area contributed by atoms with Crippen LogP contribution in [0.4, 0.5) is 0 Å². The van der Waals surface area contributed by atoms with E-state index in [2.05, 4.69) is 15.6 Å². The van der Waals surface area contributed by atoms with E-state index in [1.54, 1.807) is 36.7 Å². The van der Waals surface area contributed by atoms with E-state index in [0.717, 1.165) is 5.56 Å². The second kappa shape index (κ2) is 8.62. The van der Waals surface area contributed by atoms with Gasteiger partial charge in [-0.1, -0.05) is 43.6 Å². The maximum atomic E-state index is 12.6. The van der Waals surface area contributed by atoms with E-state index in [-0.39, 0.29) is 23.8 Å². The molecule has 0 bridgehead atoms. The normalized spacial score (nSPS) is 13.2. The summed E-state index contributed by atoms with van der Waals surface area (Å²) in [7, 11) is 0. The van der Waals surface area contributed by atoms with Crippen molar-refractivity contribution in [3.05, 3.63) is 64.9 Å². The molecule has 25 heavy (non-hydrogen) atoms. The van der Waals surface area contributed by atoms with Crippen LogP contribution in [0.15, 0.2) is 48.8 Å². The third-order valence-electron chi connectivity index (χ3n) is 3.90. The van der Waals surface area contributed by atoms with Crippen LogP contribution in [0.3, 0.4) is 0 Å². The Morgan fingerprint density at radius 1 is 1.04 bits per heavy atom. The van der Waals surface area contributed by atoms with Crippen molar-refractivity contribution >= 4 is 23.4 Å². The van der Waals surface area contributed by atoms with Gasteiger partial charge in [0.05, 0.1) is 16.6 Å². The zero-order chi connectivity index (χ0) is 18.4. The standard InChI is InChI=1S/C19H22ClN3O2/c1-12(2)17(23-18(24)15-8-4-5-9-16(15)20)19(25)22-13(3)14-7-6-10-21-11-14/h4-13,17H,1-3H3,(H,22,25)(H,23,24). The first-order chi connectivity index (χ1) is 11.9. The van der Waals surface area contributed by atoms with Gasteiger partial charge in [-0.15, -0.1) is 0 Å². The molecular formula is C19H22ClN3O2. The number of amides is 2. The molecule has 132 valence electrons. The SMILES string of the molecule is CC(NC(=O)C(NC(=O)c1ccccc1Cl)C(C)C)c1cccnc1. The van der Waals surface area contributed by atoms with Crippen LogP contribution < -0.4 is 10.6 Å². The van der Waals surface area contributed by atoms with Crippen molar-refractivity contribution in [2.75, 3.05) is 0 Å². The minimum absolute atomic E-state index is 0.0764. The van der Waals surface area contributed by atoms with Crippen molar-refractivity contribution in [1.82, 2.24) is 15.6 Å². The van der Waals surface area contributed by atoms with Gasteiger partial charge in [0.15, 0.2) is 0 Å². The zero-order valence-electron chi connectivity index (χ0n) is 14.5. The quantitative estimate of drug-likeness (QED) is 0.830. The molecule has 0 radical (unpaired) electrons. The highest BCUT2D eigenvalue weighted by molar-refractivity contribution is 6.33. The highest BCUT2D eigenvalue weighted by atomic mass is 35.5. The summed E-state index contributed by atoms with van der Waals surface area (Å²) in [4.78, 5) is 29.2. The minimum Gasteiger partial charge on any atom is -0.348 e. The fourth-order valence-corrected chi connectivity index (χ4v) is 2.64. The van der Waals surface area contributed by atoms with Gasteiger partial charge in [-0.2, -0.15) is 0 Å². The molecule has 0 aliphatic rings. The summed E-state index contributed by atoms with van der Waals surface area (Å²) in [5, 5.41) is 6.05. The number of carbonyl (C=O) groups excluding carboxylic acids is 2. The molecule has 2 rings (SSSR count). The number of halogens is 1. The summed E-state index contributed by atoms with van der Waals surface area (Å²) in [5.74, 6) is -0.687. The third-order valence-corrected chi connectivity index (χ3v) is 4.23. The summed E-state index contributed by atoms with van der Waals surface area (Å²) in [6, 6.07) is 9.60. The maximum absolute atomic E-state index is 12.6. The van der Waals surface area contributed by atoms with Crippen molar-refractivity contribution in [3.63, 3.8) is 0 Å². The van der Waals surface area contributed by atoms with Gasteiger partial charge in [-0.05, 0) is 36.6 Å². The van der Waals surface area contributed by atoms with E-state index in [0.29, 0.717) is 10.6 Å². The Morgan fingerprint density at radius 2 is 1.76 bits per heavy atom. The van der Waals surface area contributed by atoms with E-state index in [1.165, 1.54) is 0 Å². The van der Waals surface area contributed by atoms with E-state index >= 15 is 0 Å². The average molecular weight is 360 g/mol. The van der Waals surface area contributed by atoms with Gasteiger partial charge < -0.3 is 10.6 Å². The smallest absolute Gasteiger partial charge is 0.253 e. The Hall–Kier alpha value is -2.40. The van der Waals surface area contributed by atoms with Crippen molar-refractivity contribution in [2.24, 2.45) is 5.92 Å².